The minimum atomic E-state index is -2.90. The molecule has 0 heterocycles. The van der Waals surface area contributed by atoms with E-state index < -0.39 is 9.84 Å². The maximum Gasteiger partial charge on any atom is 0.151 e. The molecule has 112 valence electrons. The van der Waals surface area contributed by atoms with Crippen LogP contribution >= 0.6 is 0 Å². The Balaban J connectivity index is 1.92. The van der Waals surface area contributed by atoms with Crippen molar-refractivity contribution in [1.29, 1.82) is 0 Å². The number of sulfone groups is 1. The molecule has 2 rings (SSSR count). The molecular weight excluding hydrogens is 258 g/mol. The van der Waals surface area contributed by atoms with Crippen LogP contribution in [-0.4, -0.2) is 32.0 Å². The largest absolute Gasteiger partial charge is 0.310 e. The first-order valence-electron chi connectivity index (χ1n) is 7.93. The molecule has 0 spiro atoms. The summed E-state index contributed by atoms with van der Waals surface area (Å²) in [4.78, 5) is 0. The average molecular weight is 287 g/mol. The summed E-state index contributed by atoms with van der Waals surface area (Å²) in [7, 11) is -2.90. The summed E-state index contributed by atoms with van der Waals surface area (Å²) in [5.74, 6) is 0.739. The third-order valence-electron chi connectivity index (χ3n) is 5.09. The fourth-order valence-corrected chi connectivity index (χ4v) is 5.32. The average Bonchev–Trinajstić information content (AvgIpc) is 2.63. The summed E-state index contributed by atoms with van der Waals surface area (Å²) in [6.07, 6.45) is 12.4. The molecule has 2 fully saturated rings. The minimum absolute atomic E-state index is 0.152. The number of nitrogens with one attached hydrogen (secondary N) is 1. The second-order valence-electron chi connectivity index (χ2n) is 6.61. The maximum absolute atomic E-state index is 11.8. The predicted molar refractivity (Wildman–Crippen MR) is 80.1 cm³/mol. The van der Waals surface area contributed by atoms with Crippen LogP contribution in [0.15, 0.2) is 0 Å². The van der Waals surface area contributed by atoms with Crippen molar-refractivity contribution in [2.75, 3.05) is 6.26 Å². The summed E-state index contributed by atoms with van der Waals surface area (Å²) >= 11 is 0. The molecule has 0 aliphatic heterocycles. The molecule has 19 heavy (non-hydrogen) atoms. The van der Waals surface area contributed by atoms with Crippen LogP contribution in [0.3, 0.4) is 0 Å². The predicted octanol–water partition coefficient (Wildman–Crippen LogP) is 2.90. The van der Waals surface area contributed by atoms with Gasteiger partial charge in [-0.3, -0.25) is 0 Å². The Morgan fingerprint density at radius 2 is 1.58 bits per heavy atom. The quantitative estimate of drug-likeness (QED) is 0.809. The lowest BCUT2D eigenvalue weighted by Crippen LogP contribution is -2.46. The molecular formula is C15H29NO2S. The van der Waals surface area contributed by atoms with E-state index in [2.05, 4.69) is 12.2 Å². The van der Waals surface area contributed by atoms with Crippen molar-refractivity contribution >= 4 is 9.84 Å². The zero-order valence-corrected chi connectivity index (χ0v) is 13.2. The molecule has 0 aromatic heterocycles. The Morgan fingerprint density at radius 3 is 2.16 bits per heavy atom. The highest BCUT2D eigenvalue weighted by Gasteiger charge is 2.36. The Labute approximate surface area is 118 Å². The first-order chi connectivity index (χ1) is 8.98. The van der Waals surface area contributed by atoms with Crippen LogP contribution in [0, 0.1) is 5.92 Å². The summed E-state index contributed by atoms with van der Waals surface area (Å²) in [6.45, 7) is 2.26. The van der Waals surface area contributed by atoms with Gasteiger partial charge in [0.25, 0.3) is 0 Å². The summed E-state index contributed by atoms with van der Waals surface area (Å²) in [5, 5.41) is 3.50. The molecule has 3 atom stereocenters. The summed E-state index contributed by atoms with van der Waals surface area (Å²) < 4.78 is 23.6. The standard InChI is InChI=1S/C15H29NO2S/c1-12(13-8-5-3-4-6-9-13)16-14-10-7-11-15(14)19(2,17)18/h12-16H,3-11H2,1-2H3/t12-,14?,15?/m1/s1. The number of hydrogen-bond acceptors (Lipinski definition) is 3. The van der Waals surface area contributed by atoms with Crippen LogP contribution in [0.4, 0.5) is 0 Å². The van der Waals surface area contributed by atoms with Gasteiger partial charge in [-0.2, -0.15) is 0 Å². The van der Waals surface area contributed by atoms with Gasteiger partial charge in [0.05, 0.1) is 5.25 Å². The fraction of sp³-hybridized carbons (Fsp3) is 1.00. The van der Waals surface area contributed by atoms with Gasteiger partial charge in [-0.1, -0.05) is 32.1 Å². The lowest BCUT2D eigenvalue weighted by molar-refractivity contribution is 0.309. The minimum Gasteiger partial charge on any atom is -0.310 e. The van der Waals surface area contributed by atoms with Crippen molar-refractivity contribution in [2.45, 2.75) is 82.0 Å². The molecule has 0 radical (unpaired) electrons. The third kappa shape index (κ3) is 4.19. The van der Waals surface area contributed by atoms with Gasteiger partial charge in [0.15, 0.2) is 9.84 Å². The van der Waals surface area contributed by atoms with Gasteiger partial charge in [-0.05, 0) is 38.5 Å². The fourth-order valence-electron chi connectivity index (χ4n) is 3.91. The molecule has 0 amide bonds. The Bertz CT molecular complexity index is 372. The second-order valence-corrected chi connectivity index (χ2v) is 8.88. The zero-order valence-electron chi connectivity index (χ0n) is 12.4. The monoisotopic (exact) mass is 287 g/mol. The SMILES string of the molecule is C[C@@H](NC1CCCC1S(C)(=O)=O)C1CCCCCC1. The molecule has 1 N–H and O–H groups in total. The van der Waals surface area contributed by atoms with Crippen molar-refractivity contribution in [3.8, 4) is 0 Å². The smallest absolute Gasteiger partial charge is 0.151 e. The van der Waals surface area contributed by atoms with Gasteiger partial charge in [0, 0.05) is 18.3 Å². The Hall–Kier alpha value is -0.0900. The van der Waals surface area contributed by atoms with Crippen molar-refractivity contribution in [2.24, 2.45) is 5.92 Å². The topological polar surface area (TPSA) is 46.2 Å². The molecule has 2 saturated carbocycles. The van der Waals surface area contributed by atoms with E-state index in [0.29, 0.717) is 6.04 Å². The van der Waals surface area contributed by atoms with E-state index in [4.69, 9.17) is 0 Å². The molecule has 0 aromatic carbocycles. The molecule has 3 nitrogen and oxygen atoms in total. The molecule has 2 aliphatic carbocycles. The molecule has 0 bridgehead atoms. The molecule has 4 heteroatoms. The summed E-state index contributed by atoms with van der Waals surface area (Å²) in [5.41, 5.74) is 0. The lowest BCUT2D eigenvalue weighted by Gasteiger charge is -2.29. The van der Waals surface area contributed by atoms with Crippen molar-refractivity contribution < 1.29 is 8.42 Å². The molecule has 2 unspecified atom stereocenters. The van der Waals surface area contributed by atoms with E-state index in [1.165, 1.54) is 44.8 Å². The maximum atomic E-state index is 11.8. The molecule has 0 aromatic rings. The highest BCUT2D eigenvalue weighted by atomic mass is 32.2. The normalized spacial score (nSPS) is 32.1. The third-order valence-corrected chi connectivity index (χ3v) is 6.75. The van der Waals surface area contributed by atoms with E-state index >= 15 is 0 Å². The van der Waals surface area contributed by atoms with Crippen LogP contribution in [0.1, 0.15) is 64.7 Å². The first-order valence-corrected chi connectivity index (χ1v) is 9.89. The van der Waals surface area contributed by atoms with Gasteiger partial charge >= 0.3 is 0 Å². The van der Waals surface area contributed by atoms with Gasteiger partial charge < -0.3 is 5.32 Å². The van der Waals surface area contributed by atoms with E-state index in [-0.39, 0.29) is 11.3 Å². The van der Waals surface area contributed by atoms with Crippen molar-refractivity contribution in [3.63, 3.8) is 0 Å². The van der Waals surface area contributed by atoms with Gasteiger partial charge in [-0.15, -0.1) is 0 Å². The van der Waals surface area contributed by atoms with Crippen LogP contribution in [0.2, 0.25) is 0 Å². The number of rotatable bonds is 4. The van der Waals surface area contributed by atoms with Crippen molar-refractivity contribution in [1.82, 2.24) is 5.32 Å². The highest BCUT2D eigenvalue weighted by Crippen LogP contribution is 2.29. The number of hydrogen-bond donors (Lipinski definition) is 1. The molecule has 2 aliphatic rings. The zero-order chi connectivity index (χ0) is 13.9. The van der Waals surface area contributed by atoms with Gasteiger partial charge in [0.1, 0.15) is 0 Å². The van der Waals surface area contributed by atoms with E-state index in [9.17, 15) is 8.42 Å². The molecule has 0 saturated heterocycles. The summed E-state index contributed by atoms with van der Waals surface area (Å²) in [6, 6.07) is 0.652. The van der Waals surface area contributed by atoms with E-state index in [1.54, 1.807) is 0 Å². The lowest BCUT2D eigenvalue weighted by atomic mass is 9.92. The van der Waals surface area contributed by atoms with Crippen LogP contribution in [0.25, 0.3) is 0 Å². The van der Waals surface area contributed by atoms with Gasteiger partial charge in [0.2, 0.25) is 0 Å². The van der Waals surface area contributed by atoms with Crippen LogP contribution < -0.4 is 5.32 Å². The van der Waals surface area contributed by atoms with Crippen LogP contribution in [0.5, 0.6) is 0 Å². The van der Waals surface area contributed by atoms with E-state index in [0.717, 1.165) is 25.2 Å². The second kappa shape index (κ2) is 6.57. The van der Waals surface area contributed by atoms with Crippen molar-refractivity contribution in [3.05, 3.63) is 0 Å². The van der Waals surface area contributed by atoms with Crippen LogP contribution in [-0.2, 0) is 9.84 Å². The Kier molecular flexibility index (Phi) is 5.29. The van der Waals surface area contributed by atoms with E-state index in [1.807, 2.05) is 0 Å². The van der Waals surface area contributed by atoms with Gasteiger partial charge in [-0.25, -0.2) is 8.42 Å². The Morgan fingerprint density at radius 1 is 0.947 bits per heavy atom. The first kappa shape index (κ1) is 15.3. The highest BCUT2D eigenvalue weighted by molar-refractivity contribution is 7.91.